The summed E-state index contributed by atoms with van der Waals surface area (Å²) in [6.45, 7) is 4.11. The van der Waals surface area contributed by atoms with Crippen molar-refractivity contribution < 1.29 is 9.53 Å². The van der Waals surface area contributed by atoms with E-state index in [1.807, 2.05) is 44.3 Å². The summed E-state index contributed by atoms with van der Waals surface area (Å²) in [4.78, 5) is 12.0. The van der Waals surface area contributed by atoms with E-state index < -0.39 is 12.1 Å². The number of nitriles is 1. The van der Waals surface area contributed by atoms with E-state index in [-0.39, 0.29) is 6.61 Å². The number of alkyl carbamates (subject to hydrolysis) is 1. The molecular formula is C18H22N4O2. The number of rotatable bonds is 6. The summed E-state index contributed by atoms with van der Waals surface area (Å²) in [5.41, 5.74) is 3.37. The number of aromatic nitrogens is 2. The highest BCUT2D eigenvalue weighted by Gasteiger charge is 2.23. The van der Waals surface area contributed by atoms with Crippen LogP contribution in [0, 0.1) is 18.3 Å². The standard InChI is InChI=1S/C18H22N4O2/c1-4-8-15-17(13(2)22(3)21-15)16(11-19)20-18(23)24-12-14-9-6-5-7-10-14/h5-7,9-10,16H,4,8,12H2,1-3H3,(H,20,23). The van der Waals surface area contributed by atoms with Crippen LogP contribution >= 0.6 is 0 Å². The predicted octanol–water partition coefficient (Wildman–Crippen LogP) is 3.17. The Hall–Kier alpha value is -2.81. The Kier molecular flexibility index (Phi) is 5.96. The van der Waals surface area contributed by atoms with Crippen LogP contribution in [0.15, 0.2) is 30.3 Å². The van der Waals surface area contributed by atoms with E-state index in [1.54, 1.807) is 4.68 Å². The van der Waals surface area contributed by atoms with Crippen LogP contribution in [0.4, 0.5) is 4.79 Å². The molecule has 24 heavy (non-hydrogen) atoms. The molecule has 0 bridgehead atoms. The normalized spacial score (nSPS) is 11.6. The number of aryl methyl sites for hydroxylation is 2. The minimum atomic E-state index is -0.775. The summed E-state index contributed by atoms with van der Waals surface area (Å²) >= 11 is 0. The molecule has 126 valence electrons. The lowest BCUT2D eigenvalue weighted by molar-refractivity contribution is 0.137. The van der Waals surface area contributed by atoms with Crippen LogP contribution in [-0.4, -0.2) is 15.9 Å². The van der Waals surface area contributed by atoms with Gasteiger partial charge in [-0.15, -0.1) is 0 Å². The van der Waals surface area contributed by atoms with Crippen molar-refractivity contribution in [2.24, 2.45) is 7.05 Å². The summed E-state index contributed by atoms with van der Waals surface area (Å²) in [6, 6.07) is 10.8. The highest BCUT2D eigenvalue weighted by molar-refractivity contribution is 5.68. The molecule has 6 nitrogen and oxygen atoms in total. The van der Waals surface area contributed by atoms with E-state index in [0.29, 0.717) is 0 Å². The smallest absolute Gasteiger partial charge is 0.408 e. The predicted molar refractivity (Wildman–Crippen MR) is 90.1 cm³/mol. The fourth-order valence-electron chi connectivity index (χ4n) is 2.54. The SMILES string of the molecule is CCCc1nn(C)c(C)c1C(C#N)NC(=O)OCc1ccccc1. The monoisotopic (exact) mass is 326 g/mol. The van der Waals surface area contributed by atoms with E-state index in [9.17, 15) is 10.1 Å². The molecule has 0 saturated heterocycles. The second-order valence-corrected chi connectivity index (χ2v) is 5.59. The maximum atomic E-state index is 12.0. The van der Waals surface area contributed by atoms with Crippen LogP contribution in [-0.2, 0) is 24.8 Å². The molecule has 1 aromatic heterocycles. The summed E-state index contributed by atoms with van der Waals surface area (Å²) < 4.78 is 6.94. The number of amides is 1. The van der Waals surface area contributed by atoms with Gasteiger partial charge in [0.2, 0.25) is 0 Å². The van der Waals surface area contributed by atoms with Gasteiger partial charge in [-0.25, -0.2) is 4.79 Å². The zero-order valence-corrected chi connectivity index (χ0v) is 14.2. The van der Waals surface area contributed by atoms with Crippen LogP contribution < -0.4 is 5.32 Å². The van der Waals surface area contributed by atoms with Gasteiger partial charge in [0.25, 0.3) is 0 Å². The van der Waals surface area contributed by atoms with Crippen LogP contribution in [0.3, 0.4) is 0 Å². The van der Waals surface area contributed by atoms with Crippen LogP contribution in [0.5, 0.6) is 0 Å². The number of nitrogens with zero attached hydrogens (tertiary/aromatic N) is 3. The molecule has 1 heterocycles. The molecule has 2 aromatic rings. The van der Waals surface area contributed by atoms with Crippen molar-refractivity contribution in [2.75, 3.05) is 0 Å². The Morgan fingerprint density at radius 2 is 2.12 bits per heavy atom. The van der Waals surface area contributed by atoms with E-state index in [0.717, 1.165) is 35.4 Å². The number of hydrogen-bond acceptors (Lipinski definition) is 4. The zero-order chi connectivity index (χ0) is 17.5. The van der Waals surface area contributed by atoms with Crippen LogP contribution in [0.2, 0.25) is 0 Å². The quantitative estimate of drug-likeness (QED) is 0.884. The second kappa shape index (κ2) is 8.16. The Labute approximate surface area is 142 Å². The van der Waals surface area contributed by atoms with Gasteiger partial charge in [-0.2, -0.15) is 10.4 Å². The lowest BCUT2D eigenvalue weighted by atomic mass is 10.0. The molecule has 0 radical (unpaired) electrons. The highest BCUT2D eigenvalue weighted by atomic mass is 16.5. The molecule has 6 heteroatoms. The first-order valence-corrected chi connectivity index (χ1v) is 7.96. The van der Waals surface area contributed by atoms with Crippen molar-refractivity contribution in [3.63, 3.8) is 0 Å². The molecule has 1 N–H and O–H groups in total. The largest absolute Gasteiger partial charge is 0.445 e. The Balaban J connectivity index is 2.07. The minimum Gasteiger partial charge on any atom is -0.445 e. The van der Waals surface area contributed by atoms with Crippen molar-refractivity contribution in [3.05, 3.63) is 52.8 Å². The second-order valence-electron chi connectivity index (χ2n) is 5.59. The molecule has 2 rings (SSSR count). The third-order valence-corrected chi connectivity index (χ3v) is 3.84. The molecule has 0 aliphatic heterocycles. The summed E-state index contributed by atoms with van der Waals surface area (Å²) in [5.74, 6) is 0. The summed E-state index contributed by atoms with van der Waals surface area (Å²) in [5, 5.41) is 16.6. The molecule has 1 aromatic carbocycles. The lowest BCUT2D eigenvalue weighted by Crippen LogP contribution is -2.29. The first-order chi connectivity index (χ1) is 11.6. The molecule has 0 fully saturated rings. The first-order valence-electron chi connectivity index (χ1n) is 7.96. The molecule has 0 saturated carbocycles. The third-order valence-electron chi connectivity index (χ3n) is 3.84. The average molecular weight is 326 g/mol. The minimum absolute atomic E-state index is 0.165. The van der Waals surface area contributed by atoms with Gasteiger partial charge in [-0.3, -0.25) is 4.68 Å². The van der Waals surface area contributed by atoms with E-state index in [4.69, 9.17) is 4.74 Å². The number of benzene rings is 1. The van der Waals surface area contributed by atoms with E-state index in [1.165, 1.54) is 0 Å². The maximum Gasteiger partial charge on any atom is 0.408 e. The van der Waals surface area contributed by atoms with E-state index in [2.05, 4.69) is 23.4 Å². The van der Waals surface area contributed by atoms with Crippen LogP contribution in [0.1, 0.15) is 41.9 Å². The van der Waals surface area contributed by atoms with Crippen molar-refractivity contribution in [3.8, 4) is 6.07 Å². The highest BCUT2D eigenvalue weighted by Crippen LogP contribution is 2.22. The molecule has 1 unspecified atom stereocenters. The van der Waals surface area contributed by atoms with Crippen molar-refractivity contribution in [1.82, 2.24) is 15.1 Å². The molecule has 0 spiro atoms. The van der Waals surface area contributed by atoms with Gasteiger partial charge in [0.1, 0.15) is 12.6 Å². The topological polar surface area (TPSA) is 79.9 Å². The molecule has 1 atom stereocenters. The molecule has 1 amide bonds. The van der Waals surface area contributed by atoms with Gasteiger partial charge in [0.15, 0.2) is 0 Å². The maximum absolute atomic E-state index is 12.0. The zero-order valence-electron chi connectivity index (χ0n) is 14.2. The van der Waals surface area contributed by atoms with Crippen molar-refractivity contribution in [1.29, 1.82) is 5.26 Å². The van der Waals surface area contributed by atoms with Crippen LogP contribution in [0.25, 0.3) is 0 Å². The Morgan fingerprint density at radius 1 is 1.42 bits per heavy atom. The number of hydrogen-bond donors (Lipinski definition) is 1. The first kappa shape index (κ1) is 17.5. The molecular weight excluding hydrogens is 304 g/mol. The molecule has 0 aliphatic rings. The Bertz CT molecular complexity index is 731. The number of ether oxygens (including phenoxy) is 1. The fraction of sp³-hybridized carbons (Fsp3) is 0.389. The fourth-order valence-corrected chi connectivity index (χ4v) is 2.54. The van der Waals surface area contributed by atoms with Gasteiger partial charge in [-0.05, 0) is 18.9 Å². The van der Waals surface area contributed by atoms with Gasteiger partial charge >= 0.3 is 6.09 Å². The summed E-state index contributed by atoms with van der Waals surface area (Å²) in [7, 11) is 1.83. The van der Waals surface area contributed by atoms with Gasteiger partial charge < -0.3 is 10.1 Å². The number of carbonyl (C=O) groups is 1. The molecule has 0 aliphatic carbocycles. The average Bonchev–Trinajstić information content (AvgIpc) is 2.86. The Morgan fingerprint density at radius 3 is 2.75 bits per heavy atom. The van der Waals surface area contributed by atoms with Gasteiger partial charge in [-0.1, -0.05) is 43.7 Å². The number of carbonyl (C=O) groups excluding carboxylic acids is 1. The van der Waals surface area contributed by atoms with Crippen molar-refractivity contribution >= 4 is 6.09 Å². The van der Waals surface area contributed by atoms with Gasteiger partial charge in [0, 0.05) is 18.3 Å². The third kappa shape index (κ3) is 4.13. The lowest BCUT2D eigenvalue weighted by Gasteiger charge is -2.13. The van der Waals surface area contributed by atoms with E-state index >= 15 is 0 Å². The van der Waals surface area contributed by atoms with Gasteiger partial charge in [0.05, 0.1) is 11.8 Å². The number of nitrogens with one attached hydrogen (secondary N) is 1. The summed E-state index contributed by atoms with van der Waals surface area (Å²) in [6.07, 6.45) is 1.06. The van der Waals surface area contributed by atoms with Crippen molar-refractivity contribution in [2.45, 2.75) is 39.3 Å².